The molecule has 0 aliphatic carbocycles. The highest BCUT2D eigenvalue weighted by Crippen LogP contribution is 2.19. The van der Waals surface area contributed by atoms with Gasteiger partial charge in [0.05, 0.1) is 6.42 Å². The summed E-state index contributed by atoms with van der Waals surface area (Å²) >= 11 is 0. The van der Waals surface area contributed by atoms with Gasteiger partial charge in [-0.3, -0.25) is 4.79 Å². The number of amides is 1. The number of nitrogens with one attached hydrogen (secondary N) is 1. The van der Waals surface area contributed by atoms with E-state index in [1.165, 1.54) is 30.4 Å². The molecule has 0 fully saturated rings. The van der Waals surface area contributed by atoms with Gasteiger partial charge in [0.1, 0.15) is 0 Å². The summed E-state index contributed by atoms with van der Waals surface area (Å²) in [5, 5.41) is 3.10. The Hall–Kier alpha value is -2.09. The number of rotatable bonds is 9. The molecule has 2 aromatic carbocycles. The number of carbonyl (C=O) groups excluding carboxylic acids is 1. The maximum absolute atomic E-state index is 12.2. The molecule has 2 nitrogen and oxygen atoms in total. The van der Waals surface area contributed by atoms with Crippen LogP contribution in [0.1, 0.15) is 45.1 Å². The highest BCUT2D eigenvalue weighted by molar-refractivity contribution is 5.78. The van der Waals surface area contributed by atoms with E-state index >= 15 is 0 Å². The molecule has 1 amide bonds. The van der Waals surface area contributed by atoms with Crippen molar-refractivity contribution >= 4 is 5.91 Å². The fourth-order valence-electron chi connectivity index (χ4n) is 2.90. The highest BCUT2D eigenvalue weighted by Gasteiger charge is 2.09. The lowest BCUT2D eigenvalue weighted by Gasteiger charge is -2.15. The quantitative estimate of drug-likeness (QED) is 0.672. The summed E-state index contributed by atoms with van der Waals surface area (Å²) in [6.45, 7) is 5.22. The van der Waals surface area contributed by atoms with Crippen molar-refractivity contribution in [2.24, 2.45) is 5.92 Å². The summed E-state index contributed by atoms with van der Waals surface area (Å²) in [5.41, 5.74) is 3.45. The second-order valence-electron chi connectivity index (χ2n) is 6.46. The van der Waals surface area contributed by atoms with E-state index in [0.29, 0.717) is 12.3 Å². The molecule has 0 aliphatic heterocycles. The van der Waals surface area contributed by atoms with Gasteiger partial charge in [-0.05, 0) is 29.0 Å². The Morgan fingerprint density at radius 2 is 1.62 bits per heavy atom. The molecule has 0 aromatic heterocycles. The van der Waals surface area contributed by atoms with Gasteiger partial charge < -0.3 is 5.32 Å². The average Bonchev–Trinajstić information content (AvgIpc) is 2.63. The first kappa shape index (κ1) is 18.3. The first-order chi connectivity index (χ1) is 11.7. The Morgan fingerprint density at radius 1 is 0.958 bits per heavy atom. The lowest BCUT2D eigenvalue weighted by atomic mass is 9.99. The van der Waals surface area contributed by atoms with Crippen molar-refractivity contribution in [2.75, 3.05) is 6.54 Å². The third-order valence-electron chi connectivity index (χ3n) is 4.56. The zero-order valence-electron chi connectivity index (χ0n) is 14.9. The summed E-state index contributed by atoms with van der Waals surface area (Å²) in [6.07, 6.45) is 5.26. The summed E-state index contributed by atoms with van der Waals surface area (Å²) in [7, 11) is 0. The maximum Gasteiger partial charge on any atom is 0.224 e. The van der Waals surface area contributed by atoms with E-state index in [2.05, 4.69) is 55.6 Å². The molecule has 0 saturated heterocycles. The lowest BCUT2D eigenvalue weighted by molar-refractivity contribution is -0.120. The average molecular weight is 323 g/mol. The zero-order valence-corrected chi connectivity index (χ0v) is 14.9. The maximum atomic E-state index is 12.2. The molecule has 1 unspecified atom stereocenters. The highest BCUT2D eigenvalue weighted by atomic mass is 16.1. The molecule has 0 heterocycles. The molecular weight excluding hydrogens is 294 g/mol. The van der Waals surface area contributed by atoms with Gasteiger partial charge in [-0.1, -0.05) is 87.7 Å². The summed E-state index contributed by atoms with van der Waals surface area (Å²) in [5.74, 6) is 0.728. The zero-order chi connectivity index (χ0) is 17.2. The number of carbonyl (C=O) groups is 1. The van der Waals surface area contributed by atoms with Gasteiger partial charge in [-0.25, -0.2) is 0 Å². The third-order valence-corrected chi connectivity index (χ3v) is 4.56. The first-order valence-electron chi connectivity index (χ1n) is 9.14. The fourth-order valence-corrected chi connectivity index (χ4v) is 2.90. The Bertz CT molecular complexity index is 604. The van der Waals surface area contributed by atoms with Crippen molar-refractivity contribution in [1.29, 1.82) is 0 Å². The van der Waals surface area contributed by atoms with E-state index in [9.17, 15) is 4.79 Å². The van der Waals surface area contributed by atoms with Crippen molar-refractivity contribution in [3.8, 4) is 11.1 Å². The molecule has 0 bridgehead atoms. The SMILES string of the molecule is CCCCC(CC)CNC(=O)Cc1ccc(-c2ccccc2)cc1. The van der Waals surface area contributed by atoms with Gasteiger partial charge in [-0.2, -0.15) is 0 Å². The second-order valence-corrected chi connectivity index (χ2v) is 6.46. The number of hydrogen-bond acceptors (Lipinski definition) is 1. The first-order valence-corrected chi connectivity index (χ1v) is 9.14. The van der Waals surface area contributed by atoms with Gasteiger partial charge >= 0.3 is 0 Å². The Balaban J connectivity index is 1.83. The second kappa shape index (κ2) is 9.92. The van der Waals surface area contributed by atoms with Crippen LogP contribution in [-0.2, 0) is 11.2 Å². The van der Waals surface area contributed by atoms with E-state index in [1.54, 1.807) is 0 Å². The molecule has 2 rings (SSSR count). The summed E-state index contributed by atoms with van der Waals surface area (Å²) in [6, 6.07) is 18.6. The molecule has 24 heavy (non-hydrogen) atoms. The van der Waals surface area contributed by atoms with Gasteiger partial charge in [0.25, 0.3) is 0 Å². The van der Waals surface area contributed by atoms with E-state index in [4.69, 9.17) is 0 Å². The monoisotopic (exact) mass is 323 g/mol. The normalized spacial score (nSPS) is 11.9. The van der Waals surface area contributed by atoms with E-state index in [0.717, 1.165) is 18.5 Å². The minimum atomic E-state index is 0.123. The molecular formula is C22H29NO. The minimum Gasteiger partial charge on any atom is -0.356 e. The minimum absolute atomic E-state index is 0.123. The molecule has 128 valence electrons. The van der Waals surface area contributed by atoms with Gasteiger partial charge in [0.15, 0.2) is 0 Å². The van der Waals surface area contributed by atoms with Crippen molar-refractivity contribution in [2.45, 2.75) is 46.0 Å². The predicted molar refractivity (Wildman–Crippen MR) is 102 cm³/mol. The Morgan fingerprint density at radius 3 is 2.25 bits per heavy atom. The van der Waals surface area contributed by atoms with Crippen LogP contribution in [0.3, 0.4) is 0 Å². The molecule has 0 spiro atoms. The Kier molecular flexibility index (Phi) is 7.54. The van der Waals surface area contributed by atoms with Crippen LogP contribution in [0.5, 0.6) is 0 Å². The van der Waals surface area contributed by atoms with Crippen LogP contribution < -0.4 is 5.32 Å². The molecule has 2 heteroatoms. The van der Waals surface area contributed by atoms with Crippen molar-refractivity contribution in [1.82, 2.24) is 5.32 Å². The topological polar surface area (TPSA) is 29.1 Å². The summed E-state index contributed by atoms with van der Waals surface area (Å²) in [4.78, 5) is 12.2. The van der Waals surface area contributed by atoms with Crippen LogP contribution in [-0.4, -0.2) is 12.5 Å². The molecule has 1 atom stereocenters. The van der Waals surface area contributed by atoms with Crippen LogP contribution in [0, 0.1) is 5.92 Å². The van der Waals surface area contributed by atoms with Gasteiger partial charge in [0, 0.05) is 6.54 Å². The van der Waals surface area contributed by atoms with Crippen LogP contribution >= 0.6 is 0 Å². The van der Waals surface area contributed by atoms with Crippen molar-refractivity contribution in [3.05, 3.63) is 60.2 Å². The number of benzene rings is 2. The third kappa shape index (κ3) is 5.84. The molecule has 1 N–H and O–H groups in total. The van der Waals surface area contributed by atoms with E-state index < -0.39 is 0 Å². The van der Waals surface area contributed by atoms with Gasteiger partial charge in [-0.15, -0.1) is 0 Å². The smallest absolute Gasteiger partial charge is 0.224 e. The standard InChI is InChI=1S/C22H29NO/c1-3-5-9-18(4-2)17-23-22(24)16-19-12-14-21(15-13-19)20-10-7-6-8-11-20/h6-8,10-15,18H,3-5,9,16-17H2,1-2H3,(H,23,24). The van der Waals surface area contributed by atoms with Crippen LogP contribution in [0.25, 0.3) is 11.1 Å². The largest absolute Gasteiger partial charge is 0.356 e. The summed E-state index contributed by atoms with van der Waals surface area (Å²) < 4.78 is 0. The van der Waals surface area contributed by atoms with Crippen LogP contribution in [0.2, 0.25) is 0 Å². The van der Waals surface area contributed by atoms with Gasteiger partial charge in [0.2, 0.25) is 5.91 Å². The van der Waals surface area contributed by atoms with Crippen LogP contribution in [0.4, 0.5) is 0 Å². The molecule has 0 saturated carbocycles. The lowest BCUT2D eigenvalue weighted by Crippen LogP contribution is -2.30. The molecule has 0 radical (unpaired) electrons. The predicted octanol–water partition coefficient (Wildman–Crippen LogP) is 5.23. The van der Waals surface area contributed by atoms with E-state index in [1.807, 2.05) is 18.2 Å². The fraction of sp³-hybridized carbons (Fsp3) is 0.409. The van der Waals surface area contributed by atoms with E-state index in [-0.39, 0.29) is 5.91 Å². The number of hydrogen-bond donors (Lipinski definition) is 1. The van der Waals surface area contributed by atoms with Crippen LogP contribution in [0.15, 0.2) is 54.6 Å². The van der Waals surface area contributed by atoms with Crippen molar-refractivity contribution in [3.63, 3.8) is 0 Å². The Labute approximate surface area is 146 Å². The number of unbranched alkanes of at least 4 members (excludes halogenated alkanes) is 1. The van der Waals surface area contributed by atoms with Crippen molar-refractivity contribution < 1.29 is 4.79 Å². The molecule has 0 aliphatic rings. The molecule has 2 aromatic rings.